The highest BCUT2D eigenvalue weighted by molar-refractivity contribution is 5.76. The molecule has 1 unspecified atom stereocenters. The highest BCUT2D eigenvalue weighted by Crippen LogP contribution is 1.92. The maximum absolute atomic E-state index is 11.3. The third-order valence-electron chi connectivity index (χ3n) is 2.16. The number of nitrogens with one attached hydrogen (secondary N) is 2. The molecule has 0 bridgehead atoms. The molecule has 0 saturated carbocycles. The monoisotopic (exact) mass is 230 g/mol. The number of amides is 1. The second-order valence-corrected chi connectivity index (χ2v) is 4.20. The van der Waals surface area contributed by atoms with Crippen LogP contribution in [0.1, 0.15) is 33.6 Å². The zero-order chi connectivity index (χ0) is 12.6. The maximum Gasteiger partial charge on any atom is 0.320 e. The molecule has 0 aromatic rings. The van der Waals surface area contributed by atoms with Crippen LogP contribution in [0.5, 0.6) is 0 Å². The van der Waals surface area contributed by atoms with Gasteiger partial charge >= 0.3 is 5.97 Å². The zero-order valence-corrected chi connectivity index (χ0v) is 10.2. The van der Waals surface area contributed by atoms with E-state index in [2.05, 4.69) is 10.6 Å². The van der Waals surface area contributed by atoms with Gasteiger partial charge in [-0.3, -0.25) is 9.59 Å². The van der Waals surface area contributed by atoms with E-state index in [1.54, 1.807) is 6.92 Å². The van der Waals surface area contributed by atoms with Crippen molar-refractivity contribution >= 4 is 11.9 Å². The van der Waals surface area contributed by atoms with Crippen molar-refractivity contribution in [2.45, 2.75) is 39.7 Å². The molecular weight excluding hydrogens is 208 g/mol. The predicted molar refractivity (Wildman–Crippen MR) is 62.2 cm³/mol. The van der Waals surface area contributed by atoms with Crippen LogP contribution in [0.2, 0.25) is 0 Å². The molecule has 1 atom stereocenters. The van der Waals surface area contributed by atoms with E-state index in [1.807, 2.05) is 13.8 Å². The van der Waals surface area contributed by atoms with E-state index in [9.17, 15) is 9.59 Å². The molecule has 0 aliphatic carbocycles. The minimum atomic E-state index is -0.870. The summed E-state index contributed by atoms with van der Waals surface area (Å²) in [5.41, 5.74) is 0. The van der Waals surface area contributed by atoms with Gasteiger partial charge in [-0.1, -0.05) is 20.8 Å². The first kappa shape index (κ1) is 14.9. The molecular formula is C11H22N2O3. The van der Waals surface area contributed by atoms with E-state index >= 15 is 0 Å². The second-order valence-electron chi connectivity index (χ2n) is 4.20. The van der Waals surface area contributed by atoms with E-state index in [-0.39, 0.29) is 5.91 Å². The van der Waals surface area contributed by atoms with Crippen molar-refractivity contribution in [3.05, 3.63) is 0 Å². The molecule has 0 fully saturated rings. The zero-order valence-electron chi connectivity index (χ0n) is 10.2. The Labute approximate surface area is 96.6 Å². The molecule has 1 amide bonds. The average molecular weight is 230 g/mol. The summed E-state index contributed by atoms with van der Waals surface area (Å²) in [4.78, 5) is 21.9. The molecule has 0 aromatic heterocycles. The molecule has 0 spiro atoms. The number of hydrogen-bond donors (Lipinski definition) is 3. The van der Waals surface area contributed by atoms with E-state index in [1.165, 1.54) is 0 Å². The van der Waals surface area contributed by atoms with Gasteiger partial charge in [-0.2, -0.15) is 0 Å². The molecule has 0 radical (unpaired) electrons. The van der Waals surface area contributed by atoms with Crippen LogP contribution in [-0.2, 0) is 9.59 Å². The van der Waals surface area contributed by atoms with Gasteiger partial charge in [0.2, 0.25) is 5.91 Å². The first-order valence-corrected chi connectivity index (χ1v) is 5.70. The largest absolute Gasteiger partial charge is 0.480 e. The number of rotatable bonds is 8. The molecule has 0 aliphatic rings. The molecule has 0 aliphatic heterocycles. The number of aliphatic carboxylic acids is 1. The first-order chi connectivity index (χ1) is 7.47. The highest BCUT2D eigenvalue weighted by atomic mass is 16.4. The van der Waals surface area contributed by atoms with Gasteiger partial charge < -0.3 is 15.7 Å². The molecule has 94 valence electrons. The number of hydrogen-bond acceptors (Lipinski definition) is 3. The van der Waals surface area contributed by atoms with E-state index in [0.717, 1.165) is 0 Å². The van der Waals surface area contributed by atoms with Gasteiger partial charge in [0.25, 0.3) is 0 Å². The Morgan fingerprint density at radius 1 is 1.31 bits per heavy atom. The first-order valence-electron chi connectivity index (χ1n) is 5.70. The van der Waals surface area contributed by atoms with Crippen molar-refractivity contribution in [2.24, 2.45) is 5.92 Å². The van der Waals surface area contributed by atoms with Gasteiger partial charge in [-0.15, -0.1) is 0 Å². The lowest BCUT2D eigenvalue weighted by atomic mass is 10.2. The fourth-order valence-corrected chi connectivity index (χ4v) is 1.17. The summed E-state index contributed by atoms with van der Waals surface area (Å²) in [5, 5.41) is 14.4. The Morgan fingerprint density at radius 2 is 1.94 bits per heavy atom. The average Bonchev–Trinajstić information content (AvgIpc) is 2.20. The maximum atomic E-state index is 11.3. The fraction of sp³-hybridized carbons (Fsp3) is 0.818. The van der Waals surface area contributed by atoms with Crippen molar-refractivity contribution in [3.63, 3.8) is 0 Å². The number of carboxylic acids is 1. The third kappa shape index (κ3) is 7.23. The van der Waals surface area contributed by atoms with Crippen molar-refractivity contribution in [2.75, 3.05) is 13.1 Å². The van der Waals surface area contributed by atoms with Crippen LogP contribution < -0.4 is 10.6 Å². The third-order valence-corrected chi connectivity index (χ3v) is 2.16. The van der Waals surface area contributed by atoms with Gasteiger partial charge in [0, 0.05) is 19.5 Å². The number of carbonyl (C=O) groups excluding carboxylic acids is 1. The molecule has 5 nitrogen and oxygen atoms in total. The SMILES string of the molecule is CCC(NCCC(=O)NCC(C)C)C(=O)O. The Morgan fingerprint density at radius 3 is 2.38 bits per heavy atom. The van der Waals surface area contributed by atoms with Gasteiger partial charge in [0.1, 0.15) is 6.04 Å². The second kappa shape index (κ2) is 8.10. The summed E-state index contributed by atoms with van der Waals surface area (Å²) in [5.74, 6) is -0.481. The standard InChI is InChI=1S/C11H22N2O3/c1-4-9(11(15)16)12-6-5-10(14)13-7-8(2)3/h8-9,12H,4-7H2,1-3H3,(H,13,14)(H,15,16). The van der Waals surface area contributed by atoms with E-state index in [4.69, 9.17) is 5.11 Å². The lowest BCUT2D eigenvalue weighted by Crippen LogP contribution is -2.38. The quantitative estimate of drug-likeness (QED) is 0.570. The minimum Gasteiger partial charge on any atom is -0.480 e. The normalized spacial score (nSPS) is 12.5. The van der Waals surface area contributed by atoms with Crippen molar-refractivity contribution in [1.29, 1.82) is 0 Å². The van der Waals surface area contributed by atoms with Crippen LogP contribution in [0.15, 0.2) is 0 Å². The summed E-state index contributed by atoms with van der Waals surface area (Å²) >= 11 is 0. The van der Waals surface area contributed by atoms with Gasteiger partial charge in [0.15, 0.2) is 0 Å². The summed E-state index contributed by atoms with van der Waals surface area (Å²) < 4.78 is 0. The van der Waals surface area contributed by atoms with E-state index in [0.29, 0.717) is 31.8 Å². The molecule has 0 heterocycles. The minimum absolute atomic E-state index is 0.0403. The Kier molecular flexibility index (Phi) is 7.54. The van der Waals surface area contributed by atoms with Crippen molar-refractivity contribution in [3.8, 4) is 0 Å². The van der Waals surface area contributed by atoms with Crippen LogP contribution >= 0.6 is 0 Å². The topological polar surface area (TPSA) is 78.4 Å². The van der Waals surface area contributed by atoms with Crippen LogP contribution in [0.3, 0.4) is 0 Å². The van der Waals surface area contributed by atoms with Crippen molar-refractivity contribution in [1.82, 2.24) is 10.6 Å². The van der Waals surface area contributed by atoms with E-state index < -0.39 is 12.0 Å². The van der Waals surface area contributed by atoms with Crippen LogP contribution in [0.4, 0.5) is 0 Å². The molecule has 0 saturated heterocycles. The lowest BCUT2D eigenvalue weighted by Gasteiger charge is -2.12. The smallest absolute Gasteiger partial charge is 0.320 e. The van der Waals surface area contributed by atoms with Crippen LogP contribution in [-0.4, -0.2) is 36.1 Å². The summed E-state index contributed by atoms with van der Waals surface area (Å²) in [6.07, 6.45) is 0.833. The predicted octanol–water partition coefficient (Wildman–Crippen LogP) is 0.601. The molecule has 5 heteroatoms. The van der Waals surface area contributed by atoms with Gasteiger partial charge in [-0.05, 0) is 12.3 Å². The molecule has 3 N–H and O–H groups in total. The highest BCUT2D eigenvalue weighted by Gasteiger charge is 2.13. The molecule has 16 heavy (non-hydrogen) atoms. The number of carbonyl (C=O) groups is 2. The summed E-state index contributed by atoms with van der Waals surface area (Å²) in [6, 6.07) is -0.558. The molecule has 0 aromatic carbocycles. The van der Waals surface area contributed by atoms with Crippen molar-refractivity contribution < 1.29 is 14.7 Å². The van der Waals surface area contributed by atoms with Gasteiger partial charge in [-0.25, -0.2) is 0 Å². The van der Waals surface area contributed by atoms with Gasteiger partial charge in [0.05, 0.1) is 0 Å². The molecule has 0 rings (SSSR count). The summed E-state index contributed by atoms with van der Waals surface area (Å²) in [7, 11) is 0. The summed E-state index contributed by atoms with van der Waals surface area (Å²) in [6.45, 7) is 6.90. The van der Waals surface area contributed by atoms with Crippen LogP contribution in [0, 0.1) is 5.92 Å². The Hall–Kier alpha value is -1.10. The Bertz CT molecular complexity index is 229. The number of carboxylic acid groups (broad SMARTS) is 1. The Balaban J connectivity index is 3.64. The lowest BCUT2D eigenvalue weighted by molar-refractivity contribution is -0.139. The van der Waals surface area contributed by atoms with Crippen LogP contribution in [0.25, 0.3) is 0 Å². The fourth-order valence-electron chi connectivity index (χ4n) is 1.17.